The monoisotopic (exact) mass is 622 g/mol. The maximum Gasteiger partial charge on any atom is 0.349 e. The van der Waals surface area contributed by atoms with Gasteiger partial charge in [-0.25, -0.2) is 4.79 Å². The molecule has 6 heteroatoms. The molecule has 0 heterocycles. The standard InChI is InChI=1S/C23H28O4.C17H18O2/c1-5-7-13-19-14-15-20(26-17-18-11-9-8-10-12-18)16-21(19)27-23(3,4)22(24)25-6-2;1-2-3-9-15-10-11-16(12-17(15)18)19-13-14-7-5-4-6-8-14/h7-16H,5-6,17H2,1-4H3;3-12,18H,2,13H2,1H3/b13-7+;9-3+. The average molecular weight is 623 g/mol. The molecule has 0 saturated carbocycles. The van der Waals surface area contributed by atoms with Crippen LogP contribution in [0.1, 0.15) is 69.7 Å². The summed E-state index contributed by atoms with van der Waals surface area (Å²) in [6.07, 6.45) is 9.82. The largest absolute Gasteiger partial charge is 0.507 e. The van der Waals surface area contributed by atoms with E-state index in [1.807, 2.05) is 115 Å². The lowest BCUT2D eigenvalue weighted by Gasteiger charge is -2.25. The first kappa shape index (κ1) is 35.5. The number of aromatic hydroxyl groups is 1. The van der Waals surface area contributed by atoms with Gasteiger partial charge in [-0.05, 0) is 69.0 Å². The van der Waals surface area contributed by atoms with E-state index in [9.17, 15) is 9.90 Å². The maximum absolute atomic E-state index is 12.2. The predicted molar refractivity (Wildman–Crippen MR) is 186 cm³/mol. The second-order valence-electron chi connectivity index (χ2n) is 10.9. The predicted octanol–water partition coefficient (Wildman–Crippen LogP) is 9.80. The normalized spacial score (nSPS) is 11.2. The third kappa shape index (κ3) is 11.8. The van der Waals surface area contributed by atoms with Crippen LogP contribution in [-0.2, 0) is 22.7 Å². The van der Waals surface area contributed by atoms with Gasteiger partial charge >= 0.3 is 5.97 Å². The maximum atomic E-state index is 12.2. The van der Waals surface area contributed by atoms with Crippen LogP contribution in [0.5, 0.6) is 23.0 Å². The van der Waals surface area contributed by atoms with E-state index in [1.165, 1.54) is 0 Å². The van der Waals surface area contributed by atoms with Crippen LogP contribution in [-0.4, -0.2) is 23.3 Å². The van der Waals surface area contributed by atoms with Crippen molar-refractivity contribution in [2.45, 2.75) is 66.3 Å². The number of hydrogen-bond acceptors (Lipinski definition) is 6. The fourth-order valence-corrected chi connectivity index (χ4v) is 4.18. The third-order valence-electron chi connectivity index (χ3n) is 6.68. The van der Waals surface area contributed by atoms with Gasteiger partial charge in [-0.3, -0.25) is 0 Å². The quantitative estimate of drug-likeness (QED) is 0.141. The summed E-state index contributed by atoms with van der Waals surface area (Å²) in [5.41, 5.74) is 2.80. The Hall–Kier alpha value is -4.97. The van der Waals surface area contributed by atoms with E-state index in [1.54, 1.807) is 26.8 Å². The van der Waals surface area contributed by atoms with E-state index in [2.05, 4.69) is 13.8 Å². The van der Waals surface area contributed by atoms with Gasteiger partial charge in [0.15, 0.2) is 5.60 Å². The molecule has 0 unspecified atom stereocenters. The third-order valence-corrected chi connectivity index (χ3v) is 6.68. The minimum Gasteiger partial charge on any atom is -0.507 e. The molecule has 0 aliphatic carbocycles. The molecule has 0 saturated heterocycles. The molecule has 4 rings (SSSR count). The number of hydrogen-bond donors (Lipinski definition) is 1. The highest BCUT2D eigenvalue weighted by Gasteiger charge is 2.32. The number of benzene rings is 4. The van der Waals surface area contributed by atoms with E-state index >= 15 is 0 Å². The minimum atomic E-state index is -1.09. The van der Waals surface area contributed by atoms with Crippen LogP contribution in [0.15, 0.2) is 109 Å². The number of carbonyl (C=O) groups excluding carboxylic acids is 1. The smallest absolute Gasteiger partial charge is 0.349 e. The summed E-state index contributed by atoms with van der Waals surface area (Å²) in [5, 5.41) is 9.88. The van der Waals surface area contributed by atoms with Gasteiger partial charge in [-0.2, -0.15) is 0 Å². The number of rotatable bonds is 14. The number of phenols is 1. The molecular formula is C40H46O6. The van der Waals surface area contributed by atoms with Crippen molar-refractivity contribution in [3.8, 4) is 23.0 Å². The molecule has 0 aliphatic rings. The lowest BCUT2D eigenvalue weighted by atomic mass is 10.1. The van der Waals surface area contributed by atoms with Crippen LogP contribution in [0.2, 0.25) is 0 Å². The molecule has 1 N–H and O–H groups in total. The second kappa shape index (κ2) is 18.7. The molecule has 0 aliphatic heterocycles. The zero-order valence-corrected chi connectivity index (χ0v) is 27.6. The number of allylic oxidation sites excluding steroid dienone is 2. The van der Waals surface area contributed by atoms with Crippen LogP contribution in [0, 0.1) is 0 Å². The van der Waals surface area contributed by atoms with Crippen LogP contribution in [0.25, 0.3) is 12.2 Å². The highest BCUT2D eigenvalue weighted by molar-refractivity contribution is 5.79. The number of esters is 1. The molecule has 6 nitrogen and oxygen atoms in total. The Kier molecular flexibility index (Phi) is 14.5. The molecule has 0 fully saturated rings. The lowest BCUT2D eigenvalue weighted by molar-refractivity contribution is -0.158. The molecule has 4 aromatic carbocycles. The summed E-state index contributed by atoms with van der Waals surface area (Å²) >= 11 is 0. The SMILES string of the molecule is CC/C=C/c1ccc(OCc2ccccc2)cc1O.CC/C=C/c1ccc(OCc2ccccc2)cc1OC(C)(C)C(=O)OCC. The summed E-state index contributed by atoms with van der Waals surface area (Å²) < 4.78 is 22.7. The van der Waals surface area contributed by atoms with E-state index in [-0.39, 0.29) is 5.75 Å². The average Bonchev–Trinajstić information content (AvgIpc) is 3.07. The fraction of sp³-hybridized carbons (Fsp3) is 0.275. The van der Waals surface area contributed by atoms with Crippen molar-refractivity contribution in [3.63, 3.8) is 0 Å². The summed E-state index contributed by atoms with van der Waals surface area (Å²) in [6, 6.07) is 31.0. The first-order valence-corrected chi connectivity index (χ1v) is 15.8. The molecule has 0 bridgehead atoms. The van der Waals surface area contributed by atoms with Crippen LogP contribution in [0.3, 0.4) is 0 Å². The first-order valence-electron chi connectivity index (χ1n) is 15.8. The molecule has 0 aromatic heterocycles. The van der Waals surface area contributed by atoms with E-state index in [0.717, 1.165) is 35.1 Å². The van der Waals surface area contributed by atoms with Crippen LogP contribution in [0.4, 0.5) is 0 Å². The Morgan fingerprint density at radius 2 is 1.20 bits per heavy atom. The van der Waals surface area contributed by atoms with Gasteiger partial charge in [0.25, 0.3) is 0 Å². The van der Waals surface area contributed by atoms with Crippen molar-refractivity contribution in [1.29, 1.82) is 0 Å². The Balaban J connectivity index is 0.000000266. The van der Waals surface area contributed by atoms with Gasteiger partial charge < -0.3 is 24.1 Å². The molecule has 0 radical (unpaired) electrons. The topological polar surface area (TPSA) is 74.2 Å². The van der Waals surface area contributed by atoms with E-state index < -0.39 is 11.6 Å². The number of carbonyl (C=O) groups is 1. The summed E-state index contributed by atoms with van der Waals surface area (Å²) in [4.78, 5) is 12.2. The van der Waals surface area contributed by atoms with Crippen molar-refractivity contribution in [2.75, 3.05) is 6.61 Å². The number of phenolic OH excluding ortho intramolecular Hbond substituents is 1. The van der Waals surface area contributed by atoms with Crippen molar-refractivity contribution in [2.24, 2.45) is 0 Å². The first-order chi connectivity index (χ1) is 22.2. The van der Waals surface area contributed by atoms with Crippen molar-refractivity contribution in [1.82, 2.24) is 0 Å². The van der Waals surface area contributed by atoms with Gasteiger partial charge in [0.2, 0.25) is 0 Å². The van der Waals surface area contributed by atoms with Gasteiger partial charge in [0.1, 0.15) is 36.2 Å². The zero-order valence-electron chi connectivity index (χ0n) is 27.6. The molecular weight excluding hydrogens is 576 g/mol. The minimum absolute atomic E-state index is 0.246. The molecule has 242 valence electrons. The van der Waals surface area contributed by atoms with E-state index in [4.69, 9.17) is 18.9 Å². The van der Waals surface area contributed by atoms with Gasteiger partial charge in [-0.15, -0.1) is 0 Å². The second-order valence-corrected chi connectivity index (χ2v) is 10.9. The van der Waals surface area contributed by atoms with Crippen LogP contribution < -0.4 is 14.2 Å². The number of ether oxygens (including phenoxy) is 4. The lowest BCUT2D eigenvalue weighted by Crippen LogP contribution is -2.39. The molecule has 0 spiro atoms. The summed E-state index contributed by atoms with van der Waals surface area (Å²) in [6.45, 7) is 10.6. The van der Waals surface area contributed by atoms with Gasteiger partial charge in [-0.1, -0.05) is 98.8 Å². The van der Waals surface area contributed by atoms with Crippen molar-refractivity contribution >= 4 is 18.1 Å². The Morgan fingerprint density at radius 3 is 1.70 bits per heavy atom. The summed E-state index contributed by atoms with van der Waals surface area (Å²) in [7, 11) is 0. The Morgan fingerprint density at radius 1 is 0.696 bits per heavy atom. The van der Waals surface area contributed by atoms with Gasteiger partial charge in [0, 0.05) is 23.3 Å². The molecule has 0 amide bonds. The van der Waals surface area contributed by atoms with Crippen molar-refractivity contribution in [3.05, 3.63) is 131 Å². The van der Waals surface area contributed by atoms with Gasteiger partial charge in [0.05, 0.1) is 6.61 Å². The van der Waals surface area contributed by atoms with E-state index in [0.29, 0.717) is 37.1 Å². The zero-order chi connectivity index (χ0) is 33.2. The van der Waals surface area contributed by atoms with Crippen molar-refractivity contribution < 1.29 is 28.8 Å². The highest BCUT2D eigenvalue weighted by Crippen LogP contribution is 2.30. The molecule has 0 atom stereocenters. The molecule has 46 heavy (non-hydrogen) atoms. The fourth-order valence-electron chi connectivity index (χ4n) is 4.18. The molecule has 4 aromatic rings. The highest BCUT2D eigenvalue weighted by atomic mass is 16.6. The Bertz CT molecular complexity index is 1540. The summed E-state index contributed by atoms with van der Waals surface area (Å²) in [5.74, 6) is 1.79. The Labute approximate surface area is 273 Å². The van der Waals surface area contributed by atoms with Crippen LogP contribution >= 0.6 is 0 Å².